The van der Waals surface area contributed by atoms with Crippen molar-refractivity contribution in [3.63, 3.8) is 0 Å². The molecule has 194 valence electrons. The van der Waals surface area contributed by atoms with Crippen LogP contribution in [-0.2, 0) is 4.79 Å². The van der Waals surface area contributed by atoms with E-state index in [1.807, 2.05) is 37.3 Å². The van der Waals surface area contributed by atoms with Crippen molar-refractivity contribution >= 4 is 35.0 Å². The van der Waals surface area contributed by atoms with Crippen molar-refractivity contribution in [2.24, 2.45) is 4.99 Å². The Hall–Kier alpha value is -2.30. The van der Waals surface area contributed by atoms with Gasteiger partial charge >= 0.3 is 0 Å². The van der Waals surface area contributed by atoms with Gasteiger partial charge in [-0.1, -0.05) is 106 Å². The second kappa shape index (κ2) is 17.2. The van der Waals surface area contributed by atoms with Crippen molar-refractivity contribution < 1.29 is 4.79 Å². The van der Waals surface area contributed by atoms with Gasteiger partial charge in [-0.2, -0.15) is 0 Å². The number of rotatable bonds is 11. The number of unbranched alkanes of at least 4 members (excludes halogenated alkanes) is 2. The van der Waals surface area contributed by atoms with E-state index in [1.54, 1.807) is 11.8 Å². The number of carbonyl (C=O) groups is 1. The molecular formula is C31H41ClN2OS. The highest BCUT2D eigenvalue weighted by Crippen LogP contribution is 2.31. The Morgan fingerprint density at radius 2 is 1.75 bits per heavy atom. The first-order valence-electron chi connectivity index (χ1n) is 13.2. The lowest BCUT2D eigenvalue weighted by molar-refractivity contribution is -0.121. The predicted molar refractivity (Wildman–Crippen MR) is 158 cm³/mol. The zero-order valence-electron chi connectivity index (χ0n) is 22.2. The first-order valence-corrected chi connectivity index (χ1v) is 14.5. The second-order valence-corrected chi connectivity index (χ2v) is 10.3. The van der Waals surface area contributed by atoms with Crippen LogP contribution in [0.1, 0.15) is 90.2 Å². The third-order valence-electron chi connectivity index (χ3n) is 5.83. The Bertz CT molecular complexity index is 1030. The highest BCUT2D eigenvalue weighted by Gasteiger charge is 2.14. The monoisotopic (exact) mass is 524 g/mol. The molecule has 3 rings (SSSR count). The van der Waals surface area contributed by atoms with Gasteiger partial charge in [0.25, 0.3) is 0 Å². The molecule has 1 aliphatic heterocycles. The number of carbonyl (C=O) groups excluding carboxylic acids is 1. The molecule has 1 atom stereocenters. The highest BCUT2D eigenvalue weighted by molar-refractivity contribution is 8.02. The van der Waals surface area contributed by atoms with E-state index < -0.39 is 0 Å². The molecular weight excluding hydrogens is 484 g/mol. The number of thioether (sulfide) groups is 1. The molecule has 5 heteroatoms. The van der Waals surface area contributed by atoms with E-state index in [2.05, 4.69) is 61.8 Å². The maximum atomic E-state index is 11.7. The van der Waals surface area contributed by atoms with Crippen molar-refractivity contribution in [3.05, 3.63) is 87.9 Å². The lowest BCUT2D eigenvalue weighted by atomic mass is 10.0. The maximum Gasteiger partial charge on any atom is 0.220 e. The molecule has 36 heavy (non-hydrogen) atoms. The van der Waals surface area contributed by atoms with Crippen molar-refractivity contribution in [1.82, 2.24) is 5.32 Å². The summed E-state index contributed by atoms with van der Waals surface area (Å²) in [5.74, 6) is 0.203. The van der Waals surface area contributed by atoms with Crippen LogP contribution in [0.4, 0.5) is 0 Å². The number of fused-ring (bicyclic) bond motifs is 1. The van der Waals surface area contributed by atoms with Crippen LogP contribution in [0.5, 0.6) is 0 Å². The van der Waals surface area contributed by atoms with Crippen molar-refractivity contribution in [3.8, 4) is 0 Å². The van der Waals surface area contributed by atoms with Gasteiger partial charge in [-0.25, -0.2) is 0 Å². The first kappa shape index (κ1) is 29.9. The van der Waals surface area contributed by atoms with Gasteiger partial charge in [-0.05, 0) is 56.2 Å². The Morgan fingerprint density at radius 3 is 2.44 bits per heavy atom. The van der Waals surface area contributed by atoms with E-state index in [1.165, 1.54) is 29.7 Å². The number of allylic oxidation sites excluding steroid dienone is 3. The van der Waals surface area contributed by atoms with Crippen LogP contribution in [-0.4, -0.2) is 17.7 Å². The molecule has 3 nitrogen and oxygen atoms in total. The molecule has 1 unspecified atom stereocenters. The number of nitrogens with zero attached hydrogens (tertiary/aromatic N) is 1. The number of halogens is 1. The largest absolute Gasteiger partial charge is 0.353 e. The van der Waals surface area contributed by atoms with Crippen LogP contribution in [0.25, 0.3) is 0 Å². The van der Waals surface area contributed by atoms with Gasteiger partial charge in [0, 0.05) is 39.2 Å². The number of aliphatic imine (C=N–C) groups is 1. The Labute approximate surface area is 227 Å². The average Bonchev–Trinajstić information content (AvgIpc) is 3.06. The molecule has 2 aromatic rings. The molecule has 0 saturated carbocycles. The van der Waals surface area contributed by atoms with Crippen LogP contribution in [0, 0.1) is 0 Å². The minimum atomic E-state index is 0.203. The Balaban J connectivity index is 0.000000256. The van der Waals surface area contributed by atoms with Crippen LogP contribution in [0.15, 0.2) is 81.7 Å². The molecule has 2 aromatic carbocycles. The van der Waals surface area contributed by atoms with Gasteiger partial charge < -0.3 is 5.32 Å². The number of hydrogen-bond acceptors (Lipinski definition) is 3. The van der Waals surface area contributed by atoms with Gasteiger partial charge in [0.1, 0.15) is 0 Å². The Kier molecular flexibility index (Phi) is 14.3. The third-order valence-corrected chi connectivity index (χ3v) is 7.15. The summed E-state index contributed by atoms with van der Waals surface area (Å²) < 4.78 is 0. The number of nitrogens with one attached hydrogen (secondary N) is 1. The highest BCUT2D eigenvalue weighted by atomic mass is 35.5. The molecule has 1 heterocycles. The second-order valence-electron chi connectivity index (χ2n) is 8.95. The molecule has 0 aromatic heterocycles. The third kappa shape index (κ3) is 10.8. The zero-order chi connectivity index (χ0) is 26.2. The van der Waals surface area contributed by atoms with E-state index in [0.717, 1.165) is 47.7 Å². The summed E-state index contributed by atoms with van der Waals surface area (Å²) >= 11 is 7.67. The zero-order valence-corrected chi connectivity index (χ0v) is 23.8. The molecule has 0 spiro atoms. The molecule has 1 N–H and O–H groups in total. The lowest BCUT2D eigenvalue weighted by Crippen LogP contribution is -2.34. The minimum Gasteiger partial charge on any atom is -0.353 e. The molecule has 0 radical (unpaired) electrons. The molecule has 1 amide bonds. The summed E-state index contributed by atoms with van der Waals surface area (Å²) in [5.41, 5.74) is 4.28. The summed E-state index contributed by atoms with van der Waals surface area (Å²) in [6.07, 6.45) is 12.6. The van der Waals surface area contributed by atoms with E-state index in [4.69, 9.17) is 16.6 Å². The summed E-state index contributed by atoms with van der Waals surface area (Å²) in [7, 11) is 0. The van der Waals surface area contributed by atoms with Crippen LogP contribution >= 0.6 is 23.4 Å². The minimum absolute atomic E-state index is 0.203. The van der Waals surface area contributed by atoms with E-state index in [9.17, 15) is 4.79 Å². The standard InChI is InChI=1S/C16H12ClNS.C15H29NO/c1-11-10-19-15-5-3-2-4-14(15)16(18-11)12-6-8-13(17)9-7-12;1-4-7-9-10-11-13-15(17)16-14(6-3)12-8-5-2/h2-10H,1H3;9-10,14H,4-8,11-13H2,1-3H3,(H,16,17)/b;10-9-. The van der Waals surface area contributed by atoms with E-state index in [-0.39, 0.29) is 5.91 Å². The topological polar surface area (TPSA) is 41.5 Å². The molecule has 0 aliphatic carbocycles. The number of amides is 1. The normalized spacial score (nSPS) is 13.6. The van der Waals surface area contributed by atoms with Gasteiger partial charge in [-0.3, -0.25) is 9.79 Å². The van der Waals surface area contributed by atoms with Crippen LogP contribution < -0.4 is 5.32 Å². The lowest BCUT2D eigenvalue weighted by Gasteiger charge is -2.16. The molecule has 0 saturated heterocycles. The fourth-order valence-corrected chi connectivity index (χ4v) is 4.68. The van der Waals surface area contributed by atoms with Crippen LogP contribution in [0.3, 0.4) is 0 Å². The molecule has 0 bridgehead atoms. The van der Waals surface area contributed by atoms with Crippen molar-refractivity contribution in [1.29, 1.82) is 0 Å². The van der Waals surface area contributed by atoms with Gasteiger partial charge in [0.05, 0.1) is 5.71 Å². The maximum absolute atomic E-state index is 11.7. The summed E-state index contributed by atoms with van der Waals surface area (Å²) in [6.45, 7) is 8.51. The fraction of sp³-hybridized carbons (Fsp3) is 0.419. The number of benzene rings is 2. The quantitative estimate of drug-likeness (QED) is 0.297. The first-order chi connectivity index (χ1) is 17.5. The van der Waals surface area contributed by atoms with Crippen molar-refractivity contribution in [2.75, 3.05) is 0 Å². The summed E-state index contributed by atoms with van der Waals surface area (Å²) in [4.78, 5) is 17.6. The van der Waals surface area contributed by atoms with Crippen LogP contribution in [0.2, 0.25) is 5.02 Å². The van der Waals surface area contributed by atoms with E-state index in [0.29, 0.717) is 12.5 Å². The smallest absolute Gasteiger partial charge is 0.220 e. The average molecular weight is 525 g/mol. The SMILES string of the molecule is CC1=CSc2ccccc2C(c2ccc(Cl)cc2)=N1.CCC/C=C\CCC(=O)NC(CC)CCCC. The summed E-state index contributed by atoms with van der Waals surface area (Å²) in [6, 6.07) is 16.6. The van der Waals surface area contributed by atoms with Gasteiger partial charge in [-0.15, -0.1) is 0 Å². The van der Waals surface area contributed by atoms with Crippen molar-refractivity contribution in [2.45, 2.75) is 90.0 Å². The fourth-order valence-electron chi connectivity index (χ4n) is 3.75. The molecule has 0 fully saturated rings. The molecule has 1 aliphatic rings. The predicted octanol–water partition coefficient (Wildman–Crippen LogP) is 9.35. The van der Waals surface area contributed by atoms with Gasteiger partial charge in [0.2, 0.25) is 5.91 Å². The number of hydrogen-bond donors (Lipinski definition) is 1. The van der Waals surface area contributed by atoms with E-state index >= 15 is 0 Å². The Morgan fingerprint density at radius 1 is 1.03 bits per heavy atom. The van der Waals surface area contributed by atoms with Gasteiger partial charge in [0.15, 0.2) is 0 Å². The summed E-state index contributed by atoms with van der Waals surface area (Å²) in [5, 5.41) is 5.95.